The van der Waals surface area contributed by atoms with Crippen LogP contribution in [0.25, 0.3) is 0 Å². The third-order valence-electron chi connectivity index (χ3n) is 2.96. The fourth-order valence-corrected chi connectivity index (χ4v) is 1.98. The molecule has 4 heteroatoms. The number of hydrogen-bond acceptors (Lipinski definition) is 4. The van der Waals surface area contributed by atoms with Gasteiger partial charge in [-0.1, -0.05) is 6.08 Å². The number of pyridine rings is 1. The van der Waals surface area contributed by atoms with Crippen molar-refractivity contribution in [2.24, 2.45) is 0 Å². The lowest BCUT2D eigenvalue weighted by Gasteiger charge is -2.34. The zero-order valence-corrected chi connectivity index (χ0v) is 9.84. The van der Waals surface area contributed by atoms with Crippen molar-refractivity contribution in [3.63, 3.8) is 0 Å². The van der Waals surface area contributed by atoms with Gasteiger partial charge in [-0.2, -0.15) is 5.26 Å². The number of rotatable bonds is 3. The largest absolute Gasteiger partial charge is 0.354 e. The van der Waals surface area contributed by atoms with E-state index in [0.29, 0.717) is 5.56 Å². The molecule has 88 valence electrons. The first-order valence-corrected chi connectivity index (χ1v) is 5.78. The van der Waals surface area contributed by atoms with Crippen molar-refractivity contribution in [3.8, 4) is 6.07 Å². The lowest BCUT2D eigenvalue weighted by atomic mass is 10.2. The topological polar surface area (TPSA) is 43.2 Å². The summed E-state index contributed by atoms with van der Waals surface area (Å²) in [5.41, 5.74) is 0.610. The minimum absolute atomic E-state index is 0.610. The van der Waals surface area contributed by atoms with Crippen molar-refractivity contribution < 1.29 is 0 Å². The molecule has 1 fully saturated rings. The summed E-state index contributed by atoms with van der Waals surface area (Å²) in [4.78, 5) is 8.93. The van der Waals surface area contributed by atoms with E-state index in [0.717, 1.165) is 38.5 Å². The molecular formula is C13H16N4. The first-order chi connectivity index (χ1) is 8.33. The number of nitrogens with zero attached hydrogens (tertiary/aromatic N) is 4. The zero-order valence-electron chi connectivity index (χ0n) is 9.84. The molecule has 17 heavy (non-hydrogen) atoms. The summed E-state index contributed by atoms with van der Waals surface area (Å²) in [6.45, 7) is 8.73. The van der Waals surface area contributed by atoms with E-state index in [1.807, 2.05) is 18.2 Å². The number of anilines is 1. The summed E-state index contributed by atoms with van der Waals surface area (Å²) in [6, 6.07) is 5.82. The molecule has 4 nitrogen and oxygen atoms in total. The molecule has 0 radical (unpaired) electrons. The molecule has 0 bridgehead atoms. The van der Waals surface area contributed by atoms with Gasteiger partial charge in [0.05, 0.1) is 5.56 Å². The molecule has 0 N–H and O–H groups in total. The highest BCUT2D eigenvalue weighted by molar-refractivity contribution is 5.42. The van der Waals surface area contributed by atoms with Crippen LogP contribution in [0.15, 0.2) is 31.0 Å². The molecule has 1 aliphatic heterocycles. The van der Waals surface area contributed by atoms with Crippen LogP contribution < -0.4 is 4.90 Å². The van der Waals surface area contributed by atoms with Gasteiger partial charge in [0.1, 0.15) is 11.9 Å². The van der Waals surface area contributed by atoms with E-state index in [-0.39, 0.29) is 0 Å². The van der Waals surface area contributed by atoms with Gasteiger partial charge in [-0.05, 0) is 12.1 Å². The average Bonchev–Trinajstić information content (AvgIpc) is 2.40. The Hall–Kier alpha value is -1.86. The lowest BCUT2D eigenvalue weighted by molar-refractivity contribution is 0.283. The molecule has 1 aliphatic rings. The summed E-state index contributed by atoms with van der Waals surface area (Å²) in [6.07, 6.45) is 3.57. The van der Waals surface area contributed by atoms with Gasteiger partial charge in [-0.15, -0.1) is 6.58 Å². The Labute approximate surface area is 102 Å². The van der Waals surface area contributed by atoms with Gasteiger partial charge in [0.2, 0.25) is 0 Å². The minimum atomic E-state index is 0.610. The van der Waals surface area contributed by atoms with Gasteiger partial charge < -0.3 is 4.90 Å². The first kappa shape index (κ1) is 11.6. The molecule has 0 atom stereocenters. The Bertz CT molecular complexity index is 410. The maximum atomic E-state index is 8.71. The molecule has 2 heterocycles. The predicted octanol–water partition coefficient (Wildman–Crippen LogP) is 1.26. The van der Waals surface area contributed by atoms with Crippen LogP contribution in [-0.4, -0.2) is 42.6 Å². The molecule has 0 aromatic carbocycles. The molecule has 2 rings (SSSR count). The number of hydrogen-bond donors (Lipinski definition) is 0. The van der Waals surface area contributed by atoms with Gasteiger partial charge in [-0.3, -0.25) is 4.90 Å². The maximum Gasteiger partial charge on any atom is 0.128 e. The molecule has 1 aromatic heterocycles. The van der Waals surface area contributed by atoms with Crippen LogP contribution in [0, 0.1) is 11.3 Å². The van der Waals surface area contributed by atoms with Crippen LogP contribution in [-0.2, 0) is 0 Å². The lowest BCUT2D eigenvalue weighted by Crippen LogP contribution is -2.46. The second-order valence-corrected chi connectivity index (χ2v) is 4.09. The van der Waals surface area contributed by atoms with E-state index >= 15 is 0 Å². The van der Waals surface area contributed by atoms with E-state index in [9.17, 15) is 0 Å². The van der Waals surface area contributed by atoms with E-state index in [2.05, 4.69) is 27.4 Å². The Morgan fingerprint density at radius 1 is 1.35 bits per heavy atom. The van der Waals surface area contributed by atoms with Crippen LogP contribution in [0.4, 0.5) is 5.82 Å². The van der Waals surface area contributed by atoms with Crippen molar-refractivity contribution >= 4 is 5.82 Å². The van der Waals surface area contributed by atoms with Crippen LogP contribution in [0.1, 0.15) is 5.56 Å². The third-order valence-corrected chi connectivity index (χ3v) is 2.96. The van der Waals surface area contributed by atoms with Crippen LogP contribution in [0.3, 0.4) is 0 Å². The van der Waals surface area contributed by atoms with E-state index in [1.165, 1.54) is 0 Å². The number of piperazine rings is 1. The SMILES string of the molecule is C=CCN1CCN(c2ccc(C#N)cn2)CC1. The average molecular weight is 228 g/mol. The second kappa shape index (κ2) is 5.46. The van der Waals surface area contributed by atoms with Crippen LogP contribution in [0.2, 0.25) is 0 Å². The van der Waals surface area contributed by atoms with Crippen LogP contribution >= 0.6 is 0 Å². The Balaban J connectivity index is 1.96. The monoisotopic (exact) mass is 228 g/mol. The molecule has 0 unspecified atom stereocenters. The van der Waals surface area contributed by atoms with Gasteiger partial charge in [0, 0.05) is 38.9 Å². The maximum absolute atomic E-state index is 8.71. The quantitative estimate of drug-likeness (QED) is 0.731. The van der Waals surface area contributed by atoms with Gasteiger partial charge in [0.25, 0.3) is 0 Å². The first-order valence-electron chi connectivity index (χ1n) is 5.78. The van der Waals surface area contributed by atoms with E-state index in [4.69, 9.17) is 5.26 Å². The fraction of sp³-hybridized carbons (Fsp3) is 0.385. The summed E-state index contributed by atoms with van der Waals surface area (Å²) < 4.78 is 0. The summed E-state index contributed by atoms with van der Waals surface area (Å²) in [7, 11) is 0. The molecular weight excluding hydrogens is 212 g/mol. The normalized spacial score (nSPS) is 16.5. The second-order valence-electron chi connectivity index (χ2n) is 4.09. The molecule has 0 aliphatic carbocycles. The van der Waals surface area contributed by atoms with E-state index in [1.54, 1.807) is 6.20 Å². The molecule has 0 saturated carbocycles. The van der Waals surface area contributed by atoms with Gasteiger partial charge in [0.15, 0.2) is 0 Å². The minimum Gasteiger partial charge on any atom is -0.354 e. The van der Waals surface area contributed by atoms with Crippen LogP contribution in [0.5, 0.6) is 0 Å². The highest BCUT2D eigenvalue weighted by Crippen LogP contribution is 2.13. The summed E-state index contributed by atoms with van der Waals surface area (Å²) in [5.74, 6) is 0.960. The zero-order chi connectivity index (χ0) is 12.1. The summed E-state index contributed by atoms with van der Waals surface area (Å²) in [5, 5.41) is 8.71. The van der Waals surface area contributed by atoms with Crippen molar-refractivity contribution in [3.05, 3.63) is 36.5 Å². The Morgan fingerprint density at radius 2 is 2.12 bits per heavy atom. The Morgan fingerprint density at radius 3 is 2.65 bits per heavy atom. The predicted molar refractivity (Wildman–Crippen MR) is 67.8 cm³/mol. The number of nitriles is 1. The van der Waals surface area contributed by atoms with Gasteiger partial charge >= 0.3 is 0 Å². The summed E-state index contributed by atoms with van der Waals surface area (Å²) >= 11 is 0. The fourth-order valence-electron chi connectivity index (χ4n) is 1.98. The van der Waals surface area contributed by atoms with Crippen molar-refractivity contribution in [2.75, 3.05) is 37.6 Å². The van der Waals surface area contributed by atoms with Crippen molar-refractivity contribution in [1.82, 2.24) is 9.88 Å². The molecule has 1 aromatic rings. The highest BCUT2D eigenvalue weighted by atomic mass is 15.3. The van der Waals surface area contributed by atoms with Gasteiger partial charge in [-0.25, -0.2) is 4.98 Å². The molecule has 1 saturated heterocycles. The molecule has 0 amide bonds. The third kappa shape index (κ3) is 2.83. The van der Waals surface area contributed by atoms with Crippen molar-refractivity contribution in [1.29, 1.82) is 5.26 Å². The smallest absolute Gasteiger partial charge is 0.128 e. The highest BCUT2D eigenvalue weighted by Gasteiger charge is 2.16. The standard InChI is InChI=1S/C13H16N4/c1-2-5-16-6-8-17(9-7-16)13-4-3-12(10-14)11-15-13/h2-4,11H,1,5-9H2. The van der Waals surface area contributed by atoms with E-state index < -0.39 is 0 Å². The molecule has 0 spiro atoms. The number of aromatic nitrogens is 1. The Kier molecular flexibility index (Phi) is 3.73. The van der Waals surface area contributed by atoms with Crippen molar-refractivity contribution in [2.45, 2.75) is 0 Å².